The molecule has 0 N–H and O–H groups in total. The van der Waals surface area contributed by atoms with Crippen LogP contribution in [0.25, 0.3) is 55.0 Å². The molecule has 2 aliphatic carbocycles. The Morgan fingerprint density at radius 2 is 0.938 bits per heavy atom. The summed E-state index contributed by atoms with van der Waals surface area (Å²) in [7, 11) is 0. The Hall–Kier alpha value is -5.60. The van der Waals surface area contributed by atoms with Gasteiger partial charge in [-0.3, -0.25) is 0 Å². The molecule has 0 unspecified atom stereocenters. The summed E-state index contributed by atoms with van der Waals surface area (Å²) in [5.41, 5.74) is 15.5. The molecule has 1 heterocycles. The van der Waals surface area contributed by atoms with Crippen molar-refractivity contribution in [1.82, 2.24) is 0 Å². The summed E-state index contributed by atoms with van der Waals surface area (Å²) in [6.45, 7) is 9.51. The van der Waals surface area contributed by atoms with Crippen molar-refractivity contribution in [1.29, 1.82) is 0 Å². The van der Waals surface area contributed by atoms with Crippen LogP contribution in [0.5, 0.6) is 0 Å². The minimum absolute atomic E-state index is 0.199. The van der Waals surface area contributed by atoms with E-state index in [2.05, 4.69) is 172 Å². The third-order valence-corrected chi connectivity index (χ3v) is 11.2. The van der Waals surface area contributed by atoms with Crippen molar-refractivity contribution in [2.75, 3.05) is 4.90 Å². The van der Waals surface area contributed by atoms with E-state index in [-0.39, 0.29) is 10.8 Å². The number of hydrogen-bond acceptors (Lipinski definition) is 2. The average molecular weight is 618 g/mol. The van der Waals surface area contributed by atoms with Gasteiger partial charge in [0.2, 0.25) is 0 Å². The molecule has 0 fully saturated rings. The molecule has 10 rings (SSSR count). The summed E-state index contributed by atoms with van der Waals surface area (Å²) >= 11 is 0. The van der Waals surface area contributed by atoms with Gasteiger partial charge in [-0.2, -0.15) is 0 Å². The lowest BCUT2D eigenvalue weighted by Crippen LogP contribution is -2.24. The van der Waals surface area contributed by atoms with E-state index >= 15 is 0 Å². The van der Waals surface area contributed by atoms with E-state index in [9.17, 15) is 0 Å². The smallest absolute Gasteiger partial charge is 0.159 e. The van der Waals surface area contributed by atoms with E-state index in [0.29, 0.717) is 0 Å². The number of benzene rings is 7. The van der Waals surface area contributed by atoms with Gasteiger partial charge >= 0.3 is 0 Å². The molecule has 48 heavy (non-hydrogen) atoms. The predicted octanol–water partition coefficient (Wildman–Crippen LogP) is 12.8. The summed E-state index contributed by atoms with van der Waals surface area (Å²) in [6, 6.07) is 51.1. The molecule has 1 aromatic heterocycles. The van der Waals surface area contributed by atoms with Gasteiger partial charge in [-0.05, 0) is 79.5 Å². The van der Waals surface area contributed by atoms with Gasteiger partial charge < -0.3 is 9.32 Å². The summed E-state index contributed by atoms with van der Waals surface area (Å²) < 4.78 is 6.94. The highest BCUT2D eigenvalue weighted by molar-refractivity contribution is 6.21. The van der Waals surface area contributed by atoms with Crippen LogP contribution in [0.4, 0.5) is 17.1 Å². The van der Waals surface area contributed by atoms with Gasteiger partial charge in [0, 0.05) is 21.6 Å². The van der Waals surface area contributed by atoms with E-state index in [1.807, 2.05) is 0 Å². The zero-order valence-corrected chi connectivity index (χ0v) is 27.6. The SMILES string of the molecule is CC1(C)c2ccccc2-c2cccc(N(c3cccc4c3C(C)(C)c3ccccc3-4)c3cccc4c3oc3ccc5ccccc5c34)c21. The molecule has 230 valence electrons. The lowest BCUT2D eigenvalue weighted by atomic mass is 9.80. The summed E-state index contributed by atoms with van der Waals surface area (Å²) in [6.07, 6.45) is 0. The zero-order valence-electron chi connectivity index (χ0n) is 27.6. The second-order valence-electron chi connectivity index (χ2n) is 14.5. The van der Waals surface area contributed by atoms with Crippen LogP contribution in [0, 0.1) is 0 Å². The highest BCUT2D eigenvalue weighted by atomic mass is 16.3. The maximum atomic E-state index is 6.94. The summed E-state index contributed by atoms with van der Waals surface area (Å²) in [4.78, 5) is 2.52. The van der Waals surface area contributed by atoms with Crippen molar-refractivity contribution < 1.29 is 4.42 Å². The fourth-order valence-corrected chi connectivity index (χ4v) is 9.13. The van der Waals surface area contributed by atoms with E-state index in [0.717, 1.165) is 22.2 Å². The Bertz CT molecular complexity index is 2530. The average Bonchev–Trinajstić information content (AvgIpc) is 3.70. The molecule has 2 heteroatoms. The van der Waals surface area contributed by atoms with Crippen molar-refractivity contribution in [3.8, 4) is 22.3 Å². The second-order valence-corrected chi connectivity index (χ2v) is 14.5. The van der Waals surface area contributed by atoms with Crippen LogP contribution in [0.2, 0.25) is 0 Å². The molecule has 2 aliphatic rings. The van der Waals surface area contributed by atoms with Crippen LogP contribution in [0.1, 0.15) is 49.9 Å². The maximum absolute atomic E-state index is 6.94. The Kier molecular flexibility index (Phi) is 5.44. The van der Waals surface area contributed by atoms with Crippen LogP contribution < -0.4 is 4.90 Å². The predicted molar refractivity (Wildman–Crippen MR) is 201 cm³/mol. The Morgan fingerprint density at radius 1 is 0.438 bits per heavy atom. The van der Waals surface area contributed by atoms with Crippen molar-refractivity contribution in [2.45, 2.75) is 38.5 Å². The summed E-state index contributed by atoms with van der Waals surface area (Å²) in [5.74, 6) is 0. The largest absolute Gasteiger partial charge is 0.454 e. The van der Waals surface area contributed by atoms with Gasteiger partial charge in [0.15, 0.2) is 5.58 Å². The highest BCUT2D eigenvalue weighted by Gasteiger charge is 2.42. The molecule has 2 nitrogen and oxygen atoms in total. The van der Waals surface area contributed by atoms with Crippen LogP contribution in [0.15, 0.2) is 144 Å². The first-order valence-electron chi connectivity index (χ1n) is 17.0. The van der Waals surface area contributed by atoms with Crippen LogP contribution in [-0.2, 0) is 10.8 Å². The lowest BCUT2D eigenvalue weighted by molar-refractivity contribution is 0.654. The minimum Gasteiger partial charge on any atom is -0.454 e. The maximum Gasteiger partial charge on any atom is 0.159 e. The number of furan rings is 1. The van der Waals surface area contributed by atoms with Crippen LogP contribution in [0.3, 0.4) is 0 Å². The normalized spacial score (nSPS) is 15.0. The quantitative estimate of drug-likeness (QED) is 0.196. The first kappa shape index (κ1) is 27.5. The Labute approximate surface area is 280 Å². The van der Waals surface area contributed by atoms with Crippen molar-refractivity contribution in [3.05, 3.63) is 162 Å². The topological polar surface area (TPSA) is 16.4 Å². The Morgan fingerprint density at radius 3 is 1.58 bits per heavy atom. The molecule has 0 saturated heterocycles. The molecule has 0 radical (unpaired) electrons. The molecule has 0 aliphatic heterocycles. The number of hydrogen-bond donors (Lipinski definition) is 0. The first-order valence-corrected chi connectivity index (χ1v) is 17.0. The van der Waals surface area contributed by atoms with Gasteiger partial charge in [-0.25, -0.2) is 0 Å². The van der Waals surface area contributed by atoms with Gasteiger partial charge in [0.05, 0.1) is 17.1 Å². The minimum atomic E-state index is -0.199. The molecule has 0 bridgehead atoms. The van der Waals surface area contributed by atoms with Gasteiger partial charge in [-0.1, -0.05) is 143 Å². The fourth-order valence-electron chi connectivity index (χ4n) is 9.13. The molecular formula is C46H35NO. The molecule has 0 saturated carbocycles. The third kappa shape index (κ3) is 3.47. The van der Waals surface area contributed by atoms with Crippen molar-refractivity contribution in [2.24, 2.45) is 0 Å². The monoisotopic (exact) mass is 617 g/mol. The molecule has 8 aromatic rings. The third-order valence-electron chi connectivity index (χ3n) is 11.2. The van der Waals surface area contributed by atoms with E-state index in [4.69, 9.17) is 4.42 Å². The molecule has 0 atom stereocenters. The number of nitrogens with zero attached hydrogens (tertiary/aromatic N) is 1. The van der Waals surface area contributed by atoms with Crippen LogP contribution >= 0.6 is 0 Å². The van der Waals surface area contributed by atoms with Crippen molar-refractivity contribution in [3.63, 3.8) is 0 Å². The van der Waals surface area contributed by atoms with Crippen molar-refractivity contribution >= 4 is 49.8 Å². The highest BCUT2D eigenvalue weighted by Crippen LogP contribution is 2.58. The molecule has 7 aromatic carbocycles. The zero-order chi connectivity index (χ0) is 32.4. The van der Waals surface area contributed by atoms with Gasteiger partial charge in [0.25, 0.3) is 0 Å². The summed E-state index contributed by atoms with van der Waals surface area (Å²) in [5, 5.41) is 4.74. The van der Waals surface area contributed by atoms with E-state index < -0.39 is 0 Å². The number of para-hydroxylation sites is 1. The molecule has 0 amide bonds. The van der Waals surface area contributed by atoms with E-state index in [1.54, 1.807) is 0 Å². The molecule has 0 spiro atoms. The number of rotatable bonds is 3. The van der Waals surface area contributed by atoms with Gasteiger partial charge in [-0.15, -0.1) is 0 Å². The van der Waals surface area contributed by atoms with Crippen LogP contribution in [-0.4, -0.2) is 0 Å². The Balaban J connectivity index is 1.33. The molecular weight excluding hydrogens is 583 g/mol. The first-order chi connectivity index (χ1) is 23.4. The lowest BCUT2D eigenvalue weighted by Gasteiger charge is -2.35. The number of anilines is 3. The number of fused-ring (bicyclic) bond motifs is 11. The second kappa shape index (κ2) is 9.49. The van der Waals surface area contributed by atoms with E-state index in [1.165, 1.54) is 72.0 Å². The fraction of sp³-hybridized carbons (Fsp3) is 0.130. The standard InChI is InChI=1S/C46H35NO/c1-45(2)35-21-9-7-16-30(35)32-18-11-23-37(42(32)45)47(38-24-12-19-33-31-17-8-10-22-36(31)46(3,4)43(33)38)39-25-13-20-34-41-29-15-6-5-14-28(29)26-27-40(41)48-44(34)39/h5-27H,1-4H3. The van der Waals surface area contributed by atoms with Gasteiger partial charge in [0.1, 0.15) is 5.58 Å².